The van der Waals surface area contributed by atoms with Gasteiger partial charge in [0.15, 0.2) is 0 Å². The molecule has 122 valence electrons. The van der Waals surface area contributed by atoms with Crippen LogP contribution in [0.4, 0.5) is 5.69 Å². The number of hydrogen-bond acceptors (Lipinski definition) is 3. The monoisotopic (exact) mass is 317 g/mol. The van der Waals surface area contributed by atoms with Gasteiger partial charge in [0.25, 0.3) is 0 Å². The van der Waals surface area contributed by atoms with Crippen LogP contribution in [0, 0.1) is 0 Å². The second-order valence-corrected chi connectivity index (χ2v) is 6.33. The molecule has 0 unspecified atom stereocenters. The number of aliphatic imine (C=N–C) groups is 1. The standard InChI is InChI=1S/C21H23N3/c1-2-10-16-23-20(18-11-5-3-6-12-18)17-24(21(23)22-15-9-1)19-13-7-4-8-14-19/h3-8,11-14,17H,1-2,9-10,15-16H2. The molecule has 0 atom stereocenters. The van der Waals surface area contributed by atoms with Crippen molar-refractivity contribution >= 4 is 17.3 Å². The molecule has 0 saturated heterocycles. The van der Waals surface area contributed by atoms with Gasteiger partial charge in [0.1, 0.15) is 0 Å². The van der Waals surface area contributed by atoms with E-state index in [-0.39, 0.29) is 0 Å². The van der Waals surface area contributed by atoms with Crippen molar-refractivity contribution in [3.05, 3.63) is 72.4 Å². The van der Waals surface area contributed by atoms with Crippen molar-refractivity contribution in [1.82, 2.24) is 4.90 Å². The van der Waals surface area contributed by atoms with Crippen LogP contribution < -0.4 is 4.90 Å². The van der Waals surface area contributed by atoms with E-state index >= 15 is 0 Å². The first kappa shape index (κ1) is 15.0. The van der Waals surface area contributed by atoms with E-state index in [2.05, 4.69) is 76.7 Å². The number of nitrogens with zero attached hydrogens (tertiary/aromatic N) is 3. The third kappa shape index (κ3) is 2.94. The fraction of sp³-hybridized carbons (Fsp3) is 0.286. The van der Waals surface area contributed by atoms with E-state index < -0.39 is 0 Å². The zero-order valence-corrected chi connectivity index (χ0v) is 13.9. The average molecular weight is 317 g/mol. The van der Waals surface area contributed by atoms with E-state index in [1.165, 1.54) is 42.6 Å². The maximum atomic E-state index is 4.96. The van der Waals surface area contributed by atoms with Crippen LogP contribution in [0.2, 0.25) is 0 Å². The summed E-state index contributed by atoms with van der Waals surface area (Å²) in [6, 6.07) is 21.2. The van der Waals surface area contributed by atoms with Gasteiger partial charge in [-0.05, 0) is 30.5 Å². The lowest BCUT2D eigenvalue weighted by Crippen LogP contribution is -2.35. The van der Waals surface area contributed by atoms with Crippen LogP contribution in [0.15, 0.2) is 71.9 Å². The molecule has 0 aromatic heterocycles. The van der Waals surface area contributed by atoms with Crippen LogP contribution in [0.5, 0.6) is 0 Å². The molecule has 24 heavy (non-hydrogen) atoms. The Labute approximate surface area is 143 Å². The Morgan fingerprint density at radius 2 is 1.46 bits per heavy atom. The van der Waals surface area contributed by atoms with Crippen molar-refractivity contribution in [3.63, 3.8) is 0 Å². The zero-order chi connectivity index (χ0) is 16.2. The molecule has 0 N–H and O–H groups in total. The number of guanidine groups is 1. The molecule has 0 aliphatic carbocycles. The number of rotatable bonds is 2. The van der Waals surface area contributed by atoms with Crippen LogP contribution in [-0.4, -0.2) is 23.9 Å². The van der Waals surface area contributed by atoms with E-state index in [1.807, 2.05) is 0 Å². The van der Waals surface area contributed by atoms with Crippen molar-refractivity contribution in [3.8, 4) is 0 Å². The number of para-hydroxylation sites is 1. The van der Waals surface area contributed by atoms with Gasteiger partial charge in [-0.3, -0.25) is 9.89 Å². The zero-order valence-electron chi connectivity index (χ0n) is 13.9. The summed E-state index contributed by atoms with van der Waals surface area (Å²) in [5.41, 5.74) is 3.68. The number of benzene rings is 2. The number of hydrogen-bond donors (Lipinski definition) is 0. The molecule has 0 spiro atoms. The molecular weight excluding hydrogens is 294 g/mol. The van der Waals surface area contributed by atoms with E-state index in [9.17, 15) is 0 Å². The molecule has 0 saturated carbocycles. The van der Waals surface area contributed by atoms with Gasteiger partial charge in [0.2, 0.25) is 5.96 Å². The van der Waals surface area contributed by atoms with Gasteiger partial charge >= 0.3 is 0 Å². The predicted octanol–water partition coefficient (Wildman–Crippen LogP) is 4.74. The lowest BCUT2D eigenvalue weighted by Gasteiger charge is -2.25. The first-order chi connectivity index (χ1) is 11.9. The molecule has 2 aliphatic heterocycles. The highest BCUT2D eigenvalue weighted by atomic mass is 15.4. The van der Waals surface area contributed by atoms with Gasteiger partial charge in [0, 0.05) is 25.0 Å². The van der Waals surface area contributed by atoms with Crippen molar-refractivity contribution in [1.29, 1.82) is 0 Å². The van der Waals surface area contributed by atoms with Gasteiger partial charge in [-0.15, -0.1) is 0 Å². The first-order valence-electron chi connectivity index (χ1n) is 8.87. The summed E-state index contributed by atoms with van der Waals surface area (Å²) in [5, 5.41) is 0. The van der Waals surface area contributed by atoms with E-state index in [1.54, 1.807) is 0 Å². The fourth-order valence-corrected chi connectivity index (χ4v) is 3.40. The molecule has 3 nitrogen and oxygen atoms in total. The summed E-state index contributed by atoms with van der Waals surface area (Å²) >= 11 is 0. The molecule has 4 rings (SSSR count). The topological polar surface area (TPSA) is 18.8 Å². The lowest BCUT2D eigenvalue weighted by molar-refractivity contribution is 0.537. The molecule has 0 amide bonds. The van der Waals surface area contributed by atoms with Crippen LogP contribution in [0.1, 0.15) is 31.2 Å². The highest BCUT2D eigenvalue weighted by molar-refractivity contribution is 6.07. The first-order valence-corrected chi connectivity index (χ1v) is 8.87. The molecule has 2 aliphatic rings. The molecule has 0 bridgehead atoms. The highest BCUT2D eigenvalue weighted by Crippen LogP contribution is 2.32. The minimum atomic E-state index is 0.908. The molecular formula is C21H23N3. The van der Waals surface area contributed by atoms with Crippen LogP contribution in [0.3, 0.4) is 0 Å². The number of anilines is 1. The Hall–Kier alpha value is -2.55. The summed E-state index contributed by atoms with van der Waals surface area (Å²) in [7, 11) is 0. The summed E-state index contributed by atoms with van der Waals surface area (Å²) in [4.78, 5) is 9.60. The van der Waals surface area contributed by atoms with Crippen LogP contribution in [-0.2, 0) is 0 Å². The third-order valence-corrected chi connectivity index (χ3v) is 4.65. The second-order valence-electron chi connectivity index (χ2n) is 6.33. The fourth-order valence-electron chi connectivity index (χ4n) is 3.40. The molecule has 2 aromatic rings. The summed E-state index contributed by atoms with van der Waals surface area (Å²) in [6.07, 6.45) is 7.20. The molecule has 3 heteroatoms. The van der Waals surface area contributed by atoms with E-state index in [4.69, 9.17) is 4.99 Å². The van der Waals surface area contributed by atoms with Gasteiger partial charge < -0.3 is 4.90 Å². The van der Waals surface area contributed by atoms with Gasteiger partial charge in [0.05, 0.1) is 5.70 Å². The van der Waals surface area contributed by atoms with Crippen LogP contribution in [0.25, 0.3) is 5.70 Å². The molecule has 2 heterocycles. The van der Waals surface area contributed by atoms with Gasteiger partial charge in [-0.1, -0.05) is 61.4 Å². The second kappa shape index (κ2) is 6.91. The highest BCUT2D eigenvalue weighted by Gasteiger charge is 2.30. The van der Waals surface area contributed by atoms with Crippen molar-refractivity contribution in [2.24, 2.45) is 4.99 Å². The maximum Gasteiger partial charge on any atom is 0.210 e. The minimum absolute atomic E-state index is 0.908. The smallest absolute Gasteiger partial charge is 0.210 e. The summed E-state index contributed by atoms with van der Waals surface area (Å²) in [6.45, 7) is 1.94. The Bertz CT molecular complexity index is 734. The number of fused-ring (bicyclic) bond motifs is 1. The Morgan fingerprint density at radius 1 is 0.750 bits per heavy atom. The molecule has 0 radical (unpaired) electrons. The Morgan fingerprint density at radius 3 is 2.25 bits per heavy atom. The predicted molar refractivity (Wildman–Crippen MR) is 101 cm³/mol. The summed E-state index contributed by atoms with van der Waals surface area (Å²) in [5.74, 6) is 1.07. The molecule has 0 fully saturated rings. The lowest BCUT2D eigenvalue weighted by atomic mass is 10.1. The maximum absolute atomic E-state index is 4.96. The summed E-state index contributed by atoms with van der Waals surface area (Å²) < 4.78 is 0. The van der Waals surface area contributed by atoms with Crippen molar-refractivity contribution in [2.75, 3.05) is 18.0 Å². The Balaban J connectivity index is 1.78. The van der Waals surface area contributed by atoms with Crippen molar-refractivity contribution in [2.45, 2.75) is 25.7 Å². The van der Waals surface area contributed by atoms with Crippen molar-refractivity contribution < 1.29 is 0 Å². The average Bonchev–Trinajstić information content (AvgIpc) is 3.05. The van der Waals surface area contributed by atoms with Gasteiger partial charge in [-0.2, -0.15) is 0 Å². The van der Waals surface area contributed by atoms with Gasteiger partial charge in [-0.25, -0.2) is 0 Å². The van der Waals surface area contributed by atoms with Crippen LogP contribution >= 0.6 is 0 Å². The molecule has 2 aromatic carbocycles. The SMILES string of the molecule is C1=C(c2ccccc2)N2CCCCCCN=C2N1c1ccccc1. The Kier molecular flexibility index (Phi) is 4.32. The largest absolute Gasteiger partial charge is 0.310 e. The normalized spacial score (nSPS) is 18.2. The quantitative estimate of drug-likeness (QED) is 0.797. The van der Waals surface area contributed by atoms with E-state index in [0.717, 1.165) is 19.0 Å². The minimum Gasteiger partial charge on any atom is -0.310 e. The van der Waals surface area contributed by atoms with E-state index in [0.29, 0.717) is 0 Å². The third-order valence-electron chi connectivity index (χ3n) is 4.65.